The number of carbonyl (C=O) groups is 2. The first-order valence-corrected chi connectivity index (χ1v) is 10.7. The van der Waals surface area contributed by atoms with Crippen LogP contribution in [-0.4, -0.2) is 58.9 Å². The zero-order valence-electron chi connectivity index (χ0n) is 17.6. The molecule has 1 heterocycles. The van der Waals surface area contributed by atoms with Crippen molar-refractivity contribution in [1.29, 1.82) is 0 Å². The Kier molecular flexibility index (Phi) is 9.61. The van der Waals surface area contributed by atoms with Crippen LogP contribution in [0.5, 0.6) is 0 Å². The van der Waals surface area contributed by atoms with Crippen LogP contribution in [0.1, 0.15) is 51.5 Å². The minimum Gasteiger partial charge on any atom is -0.480 e. The Morgan fingerprint density at radius 3 is 2.66 bits per heavy atom. The Hall–Kier alpha value is -1.92. The first-order valence-electron chi connectivity index (χ1n) is 10.7. The van der Waals surface area contributed by atoms with Crippen molar-refractivity contribution < 1.29 is 24.5 Å². The number of aliphatic hydroxyl groups is 1. The maximum absolute atomic E-state index is 12.6. The summed E-state index contributed by atoms with van der Waals surface area (Å²) in [5.74, 6) is -0.412. The molecule has 162 valence electrons. The summed E-state index contributed by atoms with van der Waals surface area (Å²) in [5, 5.41) is 19.1. The Morgan fingerprint density at radius 2 is 1.97 bits per heavy atom. The molecule has 1 unspecified atom stereocenters. The van der Waals surface area contributed by atoms with E-state index in [-0.39, 0.29) is 30.4 Å². The minimum atomic E-state index is -0.967. The van der Waals surface area contributed by atoms with Crippen molar-refractivity contribution in [1.82, 2.24) is 4.90 Å². The number of carboxylic acids is 1. The number of ether oxygens (including phenoxy) is 1. The fourth-order valence-corrected chi connectivity index (χ4v) is 3.90. The van der Waals surface area contributed by atoms with Gasteiger partial charge in [-0.3, -0.25) is 4.79 Å². The van der Waals surface area contributed by atoms with Crippen molar-refractivity contribution in [2.45, 2.75) is 64.5 Å². The number of benzene rings is 1. The van der Waals surface area contributed by atoms with Crippen molar-refractivity contribution in [3.8, 4) is 0 Å². The fourth-order valence-electron chi connectivity index (χ4n) is 3.90. The molecule has 1 fully saturated rings. The average molecular weight is 406 g/mol. The molecule has 0 bridgehead atoms. The Labute approximate surface area is 173 Å². The van der Waals surface area contributed by atoms with Crippen molar-refractivity contribution in [2.24, 2.45) is 11.8 Å². The van der Waals surface area contributed by atoms with Gasteiger partial charge in [0.25, 0.3) is 0 Å². The molecule has 2 rings (SSSR count). The van der Waals surface area contributed by atoms with Crippen LogP contribution < -0.4 is 0 Å². The normalized spacial score (nSPS) is 20.3. The van der Waals surface area contributed by atoms with E-state index in [4.69, 9.17) is 9.84 Å². The number of hydrogen-bond acceptors (Lipinski definition) is 4. The van der Waals surface area contributed by atoms with Gasteiger partial charge in [0.1, 0.15) is 6.61 Å². The van der Waals surface area contributed by atoms with Crippen molar-refractivity contribution in [2.75, 3.05) is 19.8 Å². The van der Waals surface area contributed by atoms with Crippen molar-refractivity contribution in [3.05, 3.63) is 35.9 Å². The number of piperidine rings is 1. The Bertz CT molecular complexity index is 635. The molecule has 4 atom stereocenters. The van der Waals surface area contributed by atoms with Crippen LogP contribution in [0.3, 0.4) is 0 Å². The molecule has 1 saturated heterocycles. The first kappa shape index (κ1) is 23.4. The van der Waals surface area contributed by atoms with E-state index >= 15 is 0 Å². The number of aliphatic carboxylic acids is 1. The smallest absolute Gasteiger partial charge is 0.329 e. The number of rotatable bonds is 12. The number of hydrogen-bond donors (Lipinski definition) is 2. The predicted octanol–water partition coefficient (Wildman–Crippen LogP) is 3.12. The summed E-state index contributed by atoms with van der Waals surface area (Å²) in [7, 11) is 0. The molecule has 1 aromatic carbocycles. The third-order valence-corrected chi connectivity index (χ3v) is 5.90. The van der Waals surface area contributed by atoms with Gasteiger partial charge in [0.05, 0.1) is 12.7 Å². The van der Waals surface area contributed by atoms with Crippen LogP contribution in [0.15, 0.2) is 30.3 Å². The van der Waals surface area contributed by atoms with E-state index in [1.165, 1.54) is 0 Å². The van der Waals surface area contributed by atoms with E-state index in [1.54, 1.807) is 0 Å². The SMILES string of the molecule is C[C@H](CN1C(=O)CCC[C@@H]1CCC(O)Cc1ccccc1)[C@@H](C)COCC(=O)O. The van der Waals surface area contributed by atoms with Gasteiger partial charge in [0.2, 0.25) is 5.91 Å². The molecule has 0 aliphatic carbocycles. The second-order valence-corrected chi connectivity index (χ2v) is 8.38. The molecule has 1 aliphatic heterocycles. The van der Waals surface area contributed by atoms with Crippen LogP contribution in [-0.2, 0) is 20.7 Å². The summed E-state index contributed by atoms with van der Waals surface area (Å²) >= 11 is 0. The van der Waals surface area contributed by atoms with E-state index in [2.05, 4.69) is 6.92 Å². The summed E-state index contributed by atoms with van der Waals surface area (Å²) in [5.41, 5.74) is 1.13. The third-order valence-electron chi connectivity index (χ3n) is 5.90. The number of likely N-dealkylation sites (tertiary alicyclic amines) is 1. The molecular formula is C23H35NO5. The Morgan fingerprint density at radius 1 is 1.24 bits per heavy atom. The van der Waals surface area contributed by atoms with E-state index in [1.807, 2.05) is 42.2 Å². The van der Waals surface area contributed by atoms with E-state index in [9.17, 15) is 14.7 Å². The zero-order valence-corrected chi connectivity index (χ0v) is 17.6. The van der Waals surface area contributed by atoms with Gasteiger partial charge < -0.3 is 19.8 Å². The molecule has 0 radical (unpaired) electrons. The van der Waals surface area contributed by atoms with Crippen molar-refractivity contribution >= 4 is 11.9 Å². The number of carbonyl (C=O) groups excluding carboxylic acids is 1. The lowest BCUT2D eigenvalue weighted by Gasteiger charge is -2.39. The fraction of sp³-hybridized carbons (Fsp3) is 0.652. The summed E-state index contributed by atoms with van der Waals surface area (Å²) in [4.78, 5) is 25.1. The molecule has 6 nitrogen and oxygen atoms in total. The average Bonchev–Trinajstić information content (AvgIpc) is 2.68. The van der Waals surface area contributed by atoms with E-state index < -0.39 is 12.1 Å². The maximum Gasteiger partial charge on any atom is 0.329 e. The highest BCUT2D eigenvalue weighted by atomic mass is 16.5. The molecule has 1 amide bonds. The summed E-state index contributed by atoms with van der Waals surface area (Å²) in [6.07, 6.45) is 4.17. The number of carboxylic acid groups (broad SMARTS) is 1. The van der Waals surface area contributed by atoms with Gasteiger partial charge in [0, 0.05) is 19.0 Å². The third kappa shape index (κ3) is 8.15. The Balaban J connectivity index is 1.84. The molecule has 6 heteroatoms. The first-order chi connectivity index (χ1) is 13.9. The number of amides is 1. The zero-order chi connectivity index (χ0) is 21.2. The van der Waals surface area contributed by atoms with Crippen LogP contribution in [0.4, 0.5) is 0 Å². The molecular weight excluding hydrogens is 370 g/mol. The predicted molar refractivity (Wildman–Crippen MR) is 112 cm³/mol. The minimum absolute atomic E-state index is 0.161. The summed E-state index contributed by atoms with van der Waals surface area (Å²) in [6, 6.07) is 10.1. The highest BCUT2D eigenvalue weighted by Gasteiger charge is 2.30. The van der Waals surface area contributed by atoms with Gasteiger partial charge in [-0.2, -0.15) is 0 Å². The van der Waals surface area contributed by atoms with Gasteiger partial charge in [0.15, 0.2) is 0 Å². The quantitative estimate of drug-likeness (QED) is 0.558. The van der Waals surface area contributed by atoms with Gasteiger partial charge in [-0.1, -0.05) is 44.2 Å². The highest BCUT2D eigenvalue weighted by molar-refractivity contribution is 5.77. The van der Waals surface area contributed by atoms with E-state index in [0.717, 1.165) is 24.8 Å². The molecule has 0 saturated carbocycles. The maximum atomic E-state index is 12.6. The van der Waals surface area contributed by atoms with E-state index in [0.29, 0.717) is 32.4 Å². The molecule has 29 heavy (non-hydrogen) atoms. The van der Waals surface area contributed by atoms with Gasteiger partial charge in [-0.25, -0.2) is 4.79 Å². The number of nitrogens with zero attached hydrogens (tertiary/aromatic N) is 1. The lowest BCUT2D eigenvalue weighted by atomic mass is 9.91. The van der Waals surface area contributed by atoms with Crippen LogP contribution in [0, 0.1) is 11.8 Å². The van der Waals surface area contributed by atoms with Crippen LogP contribution in [0.25, 0.3) is 0 Å². The lowest BCUT2D eigenvalue weighted by molar-refractivity contribution is -0.142. The van der Waals surface area contributed by atoms with Gasteiger partial charge in [-0.15, -0.1) is 0 Å². The van der Waals surface area contributed by atoms with Gasteiger partial charge in [-0.05, 0) is 49.5 Å². The number of aliphatic hydroxyl groups excluding tert-OH is 1. The molecule has 1 aliphatic rings. The second kappa shape index (κ2) is 11.9. The topological polar surface area (TPSA) is 87.1 Å². The molecule has 0 spiro atoms. The monoisotopic (exact) mass is 405 g/mol. The lowest BCUT2D eigenvalue weighted by Crippen LogP contribution is -2.47. The summed E-state index contributed by atoms with van der Waals surface area (Å²) < 4.78 is 5.22. The molecule has 0 aromatic heterocycles. The molecule has 1 aromatic rings. The highest BCUT2D eigenvalue weighted by Crippen LogP contribution is 2.26. The molecule has 2 N–H and O–H groups in total. The van der Waals surface area contributed by atoms with Gasteiger partial charge >= 0.3 is 5.97 Å². The summed E-state index contributed by atoms with van der Waals surface area (Å²) in [6.45, 7) is 4.84. The standard InChI is InChI=1S/C23H35NO5/c1-17(18(2)15-29-16-23(27)28)14-24-20(9-6-10-22(24)26)11-12-21(25)13-19-7-4-3-5-8-19/h3-5,7-8,17-18,20-21,25H,6,9-16H2,1-2H3,(H,27,28)/t17-,18+,20-,21?/m1/s1. The largest absolute Gasteiger partial charge is 0.480 e. The second-order valence-electron chi connectivity index (χ2n) is 8.38. The van der Waals surface area contributed by atoms with Crippen molar-refractivity contribution in [3.63, 3.8) is 0 Å². The van der Waals surface area contributed by atoms with Crippen LogP contribution in [0.2, 0.25) is 0 Å². The van der Waals surface area contributed by atoms with Crippen LogP contribution >= 0.6 is 0 Å².